The van der Waals surface area contributed by atoms with Gasteiger partial charge < -0.3 is 10.6 Å². The highest BCUT2D eigenvalue weighted by atomic mass is 19.3. The molecule has 10 heteroatoms. The highest BCUT2D eigenvalue weighted by Crippen LogP contribution is 2.35. The molecular weight excluding hydrogens is 488 g/mol. The number of aromatic nitrogens is 3. The summed E-state index contributed by atoms with van der Waals surface area (Å²) < 4.78 is 30.0. The van der Waals surface area contributed by atoms with Gasteiger partial charge in [-0.1, -0.05) is 6.07 Å². The van der Waals surface area contributed by atoms with E-state index in [2.05, 4.69) is 25.6 Å². The number of nitrogens with zero attached hydrogens (tertiary/aromatic N) is 5. The molecule has 0 spiro atoms. The van der Waals surface area contributed by atoms with E-state index in [9.17, 15) is 4.79 Å². The number of hydrogen-bond donors (Lipinski definition) is 2. The number of hydrogen-bond acceptors (Lipinski definition) is 7. The Morgan fingerprint density at radius 2 is 1.79 bits per heavy atom. The average Bonchev–Trinajstić information content (AvgIpc) is 2.96. The maximum atomic E-state index is 15.0. The first-order valence-corrected chi connectivity index (χ1v) is 12.3. The van der Waals surface area contributed by atoms with Crippen molar-refractivity contribution in [2.75, 3.05) is 36.4 Å². The summed E-state index contributed by atoms with van der Waals surface area (Å²) >= 11 is 0. The van der Waals surface area contributed by atoms with Gasteiger partial charge in [0.2, 0.25) is 12.4 Å². The lowest BCUT2D eigenvalue weighted by atomic mass is 10.1. The van der Waals surface area contributed by atoms with E-state index in [1.54, 1.807) is 36.8 Å². The quantitative estimate of drug-likeness (QED) is 0.257. The van der Waals surface area contributed by atoms with Crippen molar-refractivity contribution in [2.45, 2.75) is 13.0 Å². The zero-order valence-electron chi connectivity index (χ0n) is 20.8. The van der Waals surface area contributed by atoms with Crippen LogP contribution in [0.5, 0.6) is 0 Å². The Labute approximate surface area is 219 Å². The van der Waals surface area contributed by atoms with E-state index < -0.39 is 6.05 Å². The number of pyridine rings is 1. The van der Waals surface area contributed by atoms with E-state index in [4.69, 9.17) is 0 Å². The SMILES string of the molecule is Cc1ccc(N(C=O)c2ccc(C(F)(F)N3CCNCC3)cc2)cc1Nc1nccc(-c2cccnc2)n1. The minimum absolute atomic E-state index is 0.106. The van der Waals surface area contributed by atoms with Gasteiger partial charge in [-0.3, -0.25) is 14.7 Å². The number of carbonyl (C=O) groups is 1. The number of amides is 1. The smallest absolute Gasteiger partial charge is 0.324 e. The summed E-state index contributed by atoms with van der Waals surface area (Å²) in [6.07, 6.45) is 5.75. The molecule has 0 unspecified atom stereocenters. The first-order valence-electron chi connectivity index (χ1n) is 12.3. The third-order valence-corrected chi connectivity index (χ3v) is 6.47. The highest BCUT2D eigenvalue weighted by molar-refractivity contribution is 5.88. The summed E-state index contributed by atoms with van der Waals surface area (Å²) in [6, 6.07) is 13.7. The van der Waals surface area contributed by atoms with E-state index in [-0.39, 0.29) is 18.7 Å². The predicted molar refractivity (Wildman–Crippen MR) is 143 cm³/mol. The fraction of sp³-hybridized carbons (Fsp3) is 0.214. The van der Waals surface area contributed by atoms with Crippen LogP contribution < -0.4 is 15.5 Å². The lowest BCUT2D eigenvalue weighted by Crippen LogP contribution is -2.50. The van der Waals surface area contributed by atoms with Crippen molar-refractivity contribution in [2.24, 2.45) is 0 Å². The molecule has 194 valence electrons. The van der Waals surface area contributed by atoms with Gasteiger partial charge in [-0.05, 0) is 67.1 Å². The van der Waals surface area contributed by atoms with Crippen LogP contribution >= 0.6 is 0 Å². The van der Waals surface area contributed by atoms with Crippen molar-refractivity contribution >= 4 is 29.4 Å². The van der Waals surface area contributed by atoms with Crippen LogP contribution in [0.4, 0.5) is 31.8 Å². The first kappa shape index (κ1) is 25.4. The van der Waals surface area contributed by atoms with Crippen LogP contribution in [-0.4, -0.2) is 52.4 Å². The Kier molecular flexibility index (Phi) is 7.34. The molecule has 0 radical (unpaired) electrons. The van der Waals surface area contributed by atoms with Gasteiger partial charge in [0.25, 0.3) is 0 Å². The summed E-state index contributed by atoms with van der Waals surface area (Å²) in [4.78, 5) is 27.7. The Morgan fingerprint density at radius 3 is 2.50 bits per heavy atom. The number of piperazine rings is 1. The van der Waals surface area contributed by atoms with Gasteiger partial charge in [-0.2, -0.15) is 8.78 Å². The maximum absolute atomic E-state index is 15.0. The number of alkyl halides is 2. The molecule has 1 fully saturated rings. The second-order valence-electron chi connectivity index (χ2n) is 8.93. The summed E-state index contributed by atoms with van der Waals surface area (Å²) in [5.74, 6) is 0.392. The molecule has 1 saturated heterocycles. The van der Waals surface area contributed by atoms with Gasteiger partial charge in [0.15, 0.2) is 0 Å². The molecule has 3 heterocycles. The van der Waals surface area contributed by atoms with E-state index >= 15 is 8.78 Å². The van der Waals surface area contributed by atoms with Gasteiger partial charge in [-0.25, -0.2) is 14.9 Å². The van der Waals surface area contributed by atoms with Crippen molar-refractivity contribution < 1.29 is 13.6 Å². The number of rotatable bonds is 8. The minimum atomic E-state index is -3.09. The molecule has 38 heavy (non-hydrogen) atoms. The molecule has 2 aromatic heterocycles. The minimum Gasteiger partial charge on any atom is -0.324 e. The molecule has 2 N–H and O–H groups in total. The lowest BCUT2D eigenvalue weighted by Gasteiger charge is -2.34. The molecule has 0 atom stereocenters. The van der Waals surface area contributed by atoms with E-state index in [1.165, 1.54) is 34.1 Å². The molecule has 5 rings (SSSR count). The Balaban J connectivity index is 1.37. The number of carbonyl (C=O) groups excluding carboxylic acids is 1. The third-order valence-electron chi connectivity index (χ3n) is 6.47. The number of benzene rings is 2. The second-order valence-corrected chi connectivity index (χ2v) is 8.93. The number of aryl methyl sites for hydroxylation is 1. The van der Waals surface area contributed by atoms with Crippen LogP contribution in [0.15, 0.2) is 79.3 Å². The molecule has 0 aliphatic carbocycles. The largest absolute Gasteiger partial charge is 0.331 e. The Morgan fingerprint density at radius 1 is 1.03 bits per heavy atom. The standard InChI is InChI=1S/C28H27F2N7O/c1-20-4-7-24(17-26(20)35-27-33-12-10-25(34-27)21-3-2-11-32-18-21)37(19-38)23-8-5-22(6-9-23)28(29,30)36-15-13-31-14-16-36/h2-12,17-19,31H,13-16H2,1H3,(H,33,34,35). The molecule has 0 bridgehead atoms. The second kappa shape index (κ2) is 11.0. The molecule has 1 aliphatic rings. The number of nitrogens with one attached hydrogen (secondary N) is 2. The van der Waals surface area contributed by atoms with Crippen molar-refractivity contribution in [3.8, 4) is 11.3 Å². The van der Waals surface area contributed by atoms with E-state index in [1.807, 2.05) is 25.1 Å². The number of halogens is 2. The fourth-order valence-corrected chi connectivity index (χ4v) is 4.33. The summed E-state index contributed by atoms with van der Waals surface area (Å²) in [5, 5.41) is 6.31. The molecule has 4 aromatic rings. The van der Waals surface area contributed by atoms with Crippen LogP contribution in [0.3, 0.4) is 0 Å². The van der Waals surface area contributed by atoms with Gasteiger partial charge in [0, 0.05) is 67.3 Å². The van der Waals surface area contributed by atoms with Crippen LogP contribution in [0.1, 0.15) is 11.1 Å². The molecule has 1 amide bonds. The zero-order valence-corrected chi connectivity index (χ0v) is 20.8. The van der Waals surface area contributed by atoms with Gasteiger partial charge in [-0.15, -0.1) is 0 Å². The molecule has 8 nitrogen and oxygen atoms in total. The molecule has 0 saturated carbocycles. The highest BCUT2D eigenvalue weighted by Gasteiger charge is 2.39. The summed E-state index contributed by atoms with van der Waals surface area (Å²) in [6.45, 7) is 3.51. The van der Waals surface area contributed by atoms with Crippen molar-refractivity contribution in [1.82, 2.24) is 25.2 Å². The molecule has 2 aromatic carbocycles. The number of anilines is 4. The molecular formula is C28H27F2N7O. The van der Waals surface area contributed by atoms with Gasteiger partial charge in [0.1, 0.15) is 0 Å². The monoisotopic (exact) mass is 515 g/mol. The summed E-state index contributed by atoms with van der Waals surface area (Å²) in [7, 11) is 0. The van der Waals surface area contributed by atoms with Crippen molar-refractivity contribution in [3.05, 3.63) is 90.4 Å². The third kappa shape index (κ3) is 5.36. The van der Waals surface area contributed by atoms with Crippen LogP contribution in [0.25, 0.3) is 11.3 Å². The zero-order chi connectivity index (χ0) is 26.5. The Bertz CT molecular complexity index is 1390. The first-order chi connectivity index (χ1) is 18.5. The fourth-order valence-electron chi connectivity index (χ4n) is 4.33. The van der Waals surface area contributed by atoms with Crippen LogP contribution in [0.2, 0.25) is 0 Å². The maximum Gasteiger partial charge on any atom is 0.331 e. The topological polar surface area (TPSA) is 86.3 Å². The van der Waals surface area contributed by atoms with E-state index in [0.717, 1.165) is 16.8 Å². The normalized spacial score (nSPS) is 14.2. The summed E-state index contributed by atoms with van der Waals surface area (Å²) in [5.41, 5.74) is 4.15. The lowest BCUT2D eigenvalue weighted by molar-refractivity contribution is -0.158. The van der Waals surface area contributed by atoms with Crippen LogP contribution in [-0.2, 0) is 10.8 Å². The van der Waals surface area contributed by atoms with Crippen molar-refractivity contribution in [3.63, 3.8) is 0 Å². The van der Waals surface area contributed by atoms with Crippen molar-refractivity contribution in [1.29, 1.82) is 0 Å². The average molecular weight is 516 g/mol. The van der Waals surface area contributed by atoms with Gasteiger partial charge in [0.05, 0.1) is 11.4 Å². The Hall–Kier alpha value is -4.28. The molecule has 1 aliphatic heterocycles. The van der Waals surface area contributed by atoms with Gasteiger partial charge >= 0.3 is 6.05 Å². The predicted octanol–water partition coefficient (Wildman–Crippen LogP) is 4.84. The van der Waals surface area contributed by atoms with E-state index in [0.29, 0.717) is 42.5 Å². The van der Waals surface area contributed by atoms with Crippen LogP contribution in [0, 0.1) is 6.92 Å².